The molecule has 0 aromatic heterocycles. The van der Waals surface area contributed by atoms with Gasteiger partial charge in [-0.2, -0.15) is 0 Å². The maximum absolute atomic E-state index is 5.68. The van der Waals surface area contributed by atoms with Crippen LogP contribution in [-0.2, 0) is 12.3 Å². The Morgan fingerprint density at radius 1 is 1.50 bits per heavy atom. The summed E-state index contributed by atoms with van der Waals surface area (Å²) in [5.74, 6) is 5.88. The van der Waals surface area contributed by atoms with E-state index in [-0.39, 0.29) is 0 Å². The summed E-state index contributed by atoms with van der Waals surface area (Å²) in [6.07, 6.45) is 0.974. The van der Waals surface area contributed by atoms with E-state index in [4.69, 9.17) is 17.4 Å². The topological polar surface area (TPSA) is 38.0 Å². The van der Waals surface area contributed by atoms with Crippen LogP contribution >= 0.6 is 11.6 Å². The summed E-state index contributed by atoms with van der Waals surface area (Å²) in [6.45, 7) is 2.09. The number of rotatable bonds is 3. The molecule has 66 valence electrons. The van der Waals surface area contributed by atoms with Crippen molar-refractivity contribution < 1.29 is 0 Å². The van der Waals surface area contributed by atoms with Crippen LogP contribution in [0.5, 0.6) is 0 Å². The third kappa shape index (κ3) is 1.90. The molecule has 0 spiro atoms. The summed E-state index contributed by atoms with van der Waals surface area (Å²) in [6, 6.07) is 6.05. The van der Waals surface area contributed by atoms with Crippen molar-refractivity contribution in [2.24, 2.45) is 5.84 Å². The van der Waals surface area contributed by atoms with Crippen molar-refractivity contribution in [2.45, 2.75) is 19.2 Å². The second kappa shape index (κ2) is 4.33. The quantitative estimate of drug-likeness (QED) is 0.430. The van der Waals surface area contributed by atoms with Gasteiger partial charge in [-0.25, -0.2) is 0 Å². The van der Waals surface area contributed by atoms with Crippen LogP contribution in [-0.4, -0.2) is 0 Å². The Hall–Kier alpha value is -0.730. The number of hydrazine groups is 1. The van der Waals surface area contributed by atoms with Gasteiger partial charge in [0.15, 0.2) is 0 Å². The fourth-order valence-corrected chi connectivity index (χ4v) is 1.32. The smallest absolute Gasteiger partial charge is 0.0520 e. The van der Waals surface area contributed by atoms with E-state index in [2.05, 4.69) is 12.3 Å². The van der Waals surface area contributed by atoms with E-state index in [9.17, 15) is 0 Å². The van der Waals surface area contributed by atoms with Crippen LogP contribution in [0, 0.1) is 0 Å². The highest BCUT2D eigenvalue weighted by Gasteiger charge is 1.99. The average Bonchev–Trinajstić information content (AvgIpc) is 2.16. The molecule has 0 saturated carbocycles. The summed E-state index contributed by atoms with van der Waals surface area (Å²) < 4.78 is 0. The highest BCUT2D eigenvalue weighted by molar-refractivity contribution is 6.17. The van der Waals surface area contributed by atoms with E-state index < -0.39 is 0 Å². The standard InChI is InChI=1S/C9H13ClN2/c1-2-8-4-3-7(6-10)5-9(8)12-11/h3-5,12H,2,6,11H2,1H3. The van der Waals surface area contributed by atoms with Gasteiger partial charge in [-0.05, 0) is 23.6 Å². The lowest BCUT2D eigenvalue weighted by molar-refractivity contribution is 1.12. The molecule has 3 heteroatoms. The van der Waals surface area contributed by atoms with Crippen molar-refractivity contribution in [2.75, 3.05) is 5.43 Å². The lowest BCUT2D eigenvalue weighted by Gasteiger charge is -2.07. The summed E-state index contributed by atoms with van der Waals surface area (Å²) in [4.78, 5) is 0. The molecule has 0 saturated heterocycles. The van der Waals surface area contributed by atoms with Gasteiger partial charge in [-0.3, -0.25) is 5.84 Å². The maximum atomic E-state index is 5.68. The molecule has 0 aliphatic heterocycles. The maximum Gasteiger partial charge on any atom is 0.0520 e. The summed E-state index contributed by atoms with van der Waals surface area (Å²) in [5.41, 5.74) is 5.93. The average molecular weight is 185 g/mol. The van der Waals surface area contributed by atoms with E-state index in [0.29, 0.717) is 5.88 Å². The van der Waals surface area contributed by atoms with Gasteiger partial charge in [-0.1, -0.05) is 19.1 Å². The first-order valence-electron chi connectivity index (χ1n) is 3.96. The predicted molar refractivity (Wildman–Crippen MR) is 53.2 cm³/mol. The molecule has 3 N–H and O–H groups in total. The molecule has 12 heavy (non-hydrogen) atoms. The first-order chi connectivity index (χ1) is 5.81. The number of alkyl halides is 1. The second-order valence-electron chi connectivity index (χ2n) is 2.62. The fourth-order valence-electron chi connectivity index (χ4n) is 1.15. The number of nitrogens with one attached hydrogen (secondary N) is 1. The Morgan fingerprint density at radius 3 is 2.75 bits per heavy atom. The minimum Gasteiger partial charge on any atom is -0.324 e. The third-order valence-corrected chi connectivity index (χ3v) is 2.17. The minimum absolute atomic E-state index is 0.526. The Bertz CT molecular complexity index is 261. The molecule has 0 fully saturated rings. The van der Waals surface area contributed by atoms with Gasteiger partial charge in [0, 0.05) is 5.88 Å². The van der Waals surface area contributed by atoms with Crippen molar-refractivity contribution >= 4 is 17.3 Å². The van der Waals surface area contributed by atoms with Crippen molar-refractivity contribution in [3.05, 3.63) is 29.3 Å². The SMILES string of the molecule is CCc1ccc(CCl)cc1NN. The molecule has 0 heterocycles. The Balaban J connectivity index is 3.02. The molecule has 0 radical (unpaired) electrons. The zero-order chi connectivity index (χ0) is 8.97. The van der Waals surface area contributed by atoms with Crippen molar-refractivity contribution in [1.82, 2.24) is 0 Å². The molecule has 0 aliphatic rings. The number of nitrogen functional groups attached to an aromatic ring is 1. The van der Waals surface area contributed by atoms with Crippen LogP contribution in [0.4, 0.5) is 5.69 Å². The van der Waals surface area contributed by atoms with Crippen molar-refractivity contribution in [1.29, 1.82) is 0 Å². The Kier molecular flexibility index (Phi) is 3.38. The highest BCUT2D eigenvalue weighted by Crippen LogP contribution is 2.18. The molecular weight excluding hydrogens is 172 g/mol. The van der Waals surface area contributed by atoms with Gasteiger partial charge >= 0.3 is 0 Å². The molecular formula is C9H13ClN2. The summed E-state index contributed by atoms with van der Waals surface area (Å²) in [5, 5.41) is 0. The molecule has 1 aromatic carbocycles. The fraction of sp³-hybridized carbons (Fsp3) is 0.333. The van der Waals surface area contributed by atoms with Gasteiger partial charge in [-0.15, -0.1) is 11.6 Å². The van der Waals surface area contributed by atoms with Gasteiger partial charge in [0.25, 0.3) is 0 Å². The molecule has 1 rings (SSSR count). The highest BCUT2D eigenvalue weighted by atomic mass is 35.5. The van der Waals surface area contributed by atoms with Crippen LogP contribution in [0.2, 0.25) is 0 Å². The van der Waals surface area contributed by atoms with Crippen LogP contribution in [0.1, 0.15) is 18.1 Å². The monoisotopic (exact) mass is 184 g/mol. The lowest BCUT2D eigenvalue weighted by atomic mass is 10.1. The van der Waals surface area contributed by atoms with E-state index in [1.807, 2.05) is 18.2 Å². The zero-order valence-electron chi connectivity index (χ0n) is 7.10. The van der Waals surface area contributed by atoms with Gasteiger partial charge < -0.3 is 5.43 Å². The minimum atomic E-state index is 0.526. The van der Waals surface area contributed by atoms with E-state index in [1.165, 1.54) is 5.56 Å². The number of nitrogens with two attached hydrogens (primary N) is 1. The summed E-state index contributed by atoms with van der Waals surface area (Å²) in [7, 11) is 0. The van der Waals surface area contributed by atoms with Gasteiger partial charge in [0.2, 0.25) is 0 Å². The van der Waals surface area contributed by atoms with Crippen molar-refractivity contribution in [3.63, 3.8) is 0 Å². The molecule has 0 unspecified atom stereocenters. The van der Waals surface area contributed by atoms with Crippen LogP contribution < -0.4 is 11.3 Å². The second-order valence-corrected chi connectivity index (χ2v) is 2.89. The largest absolute Gasteiger partial charge is 0.324 e. The summed E-state index contributed by atoms with van der Waals surface area (Å²) >= 11 is 5.68. The van der Waals surface area contributed by atoms with Crippen LogP contribution in [0.25, 0.3) is 0 Å². The van der Waals surface area contributed by atoms with Crippen molar-refractivity contribution in [3.8, 4) is 0 Å². The van der Waals surface area contributed by atoms with Crippen LogP contribution in [0.3, 0.4) is 0 Å². The predicted octanol–water partition coefficient (Wildman–Crippen LogP) is 2.27. The molecule has 1 aromatic rings. The number of benzene rings is 1. The molecule has 0 atom stereocenters. The number of anilines is 1. The number of hydrogen-bond donors (Lipinski definition) is 2. The Labute approximate surface area is 77.7 Å². The molecule has 0 bridgehead atoms. The van der Waals surface area contributed by atoms with Gasteiger partial charge in [0.05, 0.1) is 5.69 Å². The molecule has 0 aliphatic carbocycles. The van der Waals surface area contributed by atoms with E-state index in [0.717, 1.165) is 17.7 Å². The molecule has 0 amide bonds. The first-order valence-corrected chi connectivity index (χ1v) is 4.49. The lowest BCUT2D eigenvalue weighted by Crippen LogP contribution is -2.09. The van der Waals surface area contributed by atoms with Crippen LogP contribution in [0.15, 0.2) is 18.2 Å². The van der Waals surface area contributed by atoms with E-state index >= 15 is 0 Å². The van der Waals surface area contributed by atoms with E-state index in [1.54, 1.807) is 0 Å². The normalized spacial score (nSPS) is 9.92. The zero-order valence-corrected chi connectivity index (χ0v) is 7.86. The molecule has 2 nitrogen and oxygen atoms in total. The number of aryl methyl sites for hydroxylation is 1. The van der Waals surface area contributed by atoms with Gasteiger partial charge in [0.1, 0.15) is 0 Å². The number of hydrogen-bond acceptors (Lipinski definition) is 2. The Morgan fingerprint density at radius 2 is 2.25 bits per heavy atom. The third-order valence-electron chi connectivity index (χ3n) is 1.86. The number of halogens is 1. The first kappa shape index (κ1) is 9.36.